The van der Waals surface area contributed by atoms with Crippen LogP contribution in [0.5, 0.6) is 5.75 Å². The summed E-state index contributed by atoms with van der Waals surface area (Å²) in [5.41, 5.74) is 0.852. The summed E-state index contributed by atoms with van der Waals surface area (Å²) >= 11 is 3.46. The second kappa shape index (κ2) is 5.38. The van der Waals surface area contributed by atoms with E-state index in [1.54, 1.807) is 7.11 Å². The molecule has 1 aliphatic heterocycles. The van der Waals surface area contributed by atoms with Crippen molar-refractivity contribution in [1.29, 1.82) is 0 Å². The van der Waals surface area contributed by atoms with Crippen LogP contribution in [0, 0.1) is 0 Å². The molecule has 0 radical (unpaired) electrons. The molecule has 3 atom stereocenters. The molecule has 2 rings (SSSR count). The predicted octanol–water partition coefficient (Wildman–Crippen LogP) is 3.06. The third-order valence-electron chi connectivity index (χ3n) is 3.14. The van der Waals surface area contributed by atoms with E-state index in [4.69, 9.17) is 9.47 Å². The van der Waals surface area contributed by atoms with Gasteiger partial charge in [-0.15, -0.1) is 0 Å². The van der Waals surface area contributed by atoms with Crippen LogP contribution in [0.15, 0.2) is 22.7 Å². The van der Waals surface area contributed by atoms with Gasteiger partial charge >= 0.3 is 0 Å². The van der Waals surface area contributed by atoms with Gasteiger partial charge < -0.3 is 14.6 Å². The molecule has 0 bridgehead atoms. The predicted molar refractivity (Wildman–Crippen MR) is 69.2 cm³/mol. The molecule has 1 aromatic rings. The van der Waals surface area contributed by atoms with E-state index in [1.165, 1.54) is 0 Å². The maximum absolute atomic E-state index is 10.3. The van der Waals surface area contributed by atoms with Gasteiger partial charge in [0.15, 0.2) is 0 Å². The maximum Gasteiger partial charge on any atom is 0.120 e. The lowest BCUT2D eigenvalue weighted by molar-refractivity contribution is -0.0300. The Morgan fingerprint density at radius 3 is 2.76 bits per heavy atom. The molecule has 0 spiro atoms. The Hall–Kier alpha value is -0.580. The highest BCUT2D eigenvalue weighted by molar-refractivity contribution is 9.10. The van der Waals surface area contributed by atoms with Gasteiger partial charge in [0.2, 0.25) is 0 Å². The largest absolute Gasteiger partial charge is 0.497 e. The van der Waals surface area contributed by atoms with Crippen molar-refractivity contribution in [2.24, 2.45) is 0 Å². The number of hydrogen-bond acceptors (Lipinski definition) is 3. The zero-order chi connectivity index (χ0) is 12.4. The van der Waals surface area contributed by atoms with Crippen molar-refractivity contribution in [2.45, 2.75) is 38.1 Å². The standard InChI is InChI=1S/C13H17BrO3/c1-8-3-6-12(17-8)13(15)10-5-4-9(16-2)7-11(10)14/h4-5,7-8,12-13,15H,3,6H2,1-2H3. The van der Waals surface area contributed by atoms with Gasteiger partial charge in [0.1, 0.15) is 11.9 Å². The number of hydrogen-bond donors (Lipinski definition) is 1. The molecule has 1 aromatic carbocycles. The first-order valence-electron chi connectivity index (χ1n) is 5.78. The van der Waals surface area contributed by atoms with Gasteiger partial charge in [0.25, 0.3) is 0 Å². The molecule has 1 aliphatic rings. The number of ether oxygens (including phenoxy) is 2. The molecule has 3 nitrogen and oxygen atoms in total. The van der Waals surface area contributed by atoms with E-state index in [0.29, 0.717) is 0 Å². The Morgan fingerprint density at radius 1 is 1.47 bits per heavy atom. The minimum absolute atomic E-state index is 0.102. The average molecular weight is 301 g/mol. The molecule has 0 aromatic heterocycles. The minimum atomic E-state index is -0.583. The summed E-state index contributed by atoms with van der Waals surface area (Å²) < 4.78 is 11.7. The van der Waals surface area contributed by atoms with Crippen molar-refractivity contribution in [3.63, 3.8) is 0 Å². The van der Waals surface area contributed by atoms with E-state index >= 15 is 0 Å². The SMILES string of the molecule is COc1ccc(C(O)C2CCC(C)O2)c(Br)c1. The van der Waals surface area contributed by atoms with Gasteiger partial charge in [-0.3, -0.25) is 0 Å². The highest BCUT2D eigenvalue weighted by atomic mass is 79.9. The number of methoxy groups -OCH3 is 1. The lowest BCUT2D eigenvalue weighted by Crippen LogP contribution is -2.19. The molecule has 4 heteroatoms. The van der Waals surface area contributed by atoms with Crippen LogP contribution in [0.2, 0.25) is 0 Å². The first kappa shape index (κ1) is 12.9. The summed E-state index contributed by atoms with van der Waals surface area (Å²) in [5, 5.41) is 10.3. The van der Waals surface area contributed by atoms with Crippen molar-refractivity contribution in [2.75, 3.05) is 7.11 Å². The lowest BCUT2D eigenvalue weighted by atomic mass is 10.0. The third kappa shape index (κ3) is 2.81. The molecule has 1 saturated heterocycles. The molecule has 0 saturated carbocycles. The van der Waals surface area contributed by atoms with Crippen LogP contribution >= 0.6 is 15.9 Å². The second-order valence-corrected chi connectivity index (χ2v) is 5.25. The Bertz CT molecular complexity index is 394. The van der Waals surface area contributed by atoms with Crippen LogP contribution in [-0.4, -0.2) is 24.4 Å². The Labute approximate surface area is 110 Å². The van der Waals surface area contributed by atoms with Gasteiger partial charge in [-0.1, -0.05) is 22.0 Å². The van der Waals surface area contributed by atoms with Crippen LogP contribution in [0.25, 0.3) is 0 Å². The van der Waals surface area contributed by atoms with Gasteiger partial charge in [0.05, 0.1) is 19.3 Å². The van der Waals surface area contributed by atoms with Crippen LogP contribution in [0.4, 0.5) is 0 Å². The molecule has 3 unspecified atom stereocenters. The van der Waals surface area contributed by atoms with Gasteiger partial charge in [-0.2, -0.15) is 0 Å². The Kier molecular flexibility index (Phi) is 4.07. The van der Waals surface area contributed by atoms with E-state index < -0.39 is 6.10 Å². The molecular weight excluding hydrogens is 284 g/mol. The van der Waals surface area contributed by atoms with Gasteiger partial charge in [0, 0.05) is 4.47 Å². The topological polar surface area (TPSA) is 38.7 Å². The minimum Gasteiger partial charge on any atom is -0.497 e. The van der Waals surface area contributed by atoms with Crippen LogP contribution in [0.3, 0.4) is 0 Å². The highest BCUT2D eigenvalue weighted by Gasteiger charge is 2.30. The fraction of sp³-hybridized carbons (Fsp3) is 0.538. The summed E-state index contributed by atoms with van der Waals surface area (Å²) in [6, 6.07) is 5.58. The monoisotopic (exact) mass is 300 g/mol. The number of aliphatic hydroxyl groups excluding tert-OH is 1. The van der Waals surface area contributed by atoms with E-state index in [9.17, 15) is 5.11 Å². The fourth-order valence-corrected chi connectivity index (χ4v) is 2.73. The quantitative estimate of drug-likeness (QED) is 0.932. The summed E-state index contributed by atoms with van der Waals surface area (Å²) in [6.07, 6.45) is 1.47. The number of halogens is 1. The van der Waals surface area contributed by atoms with E-state index in [2.05, 4.69) is 15.9 Å². The number of aliphatic hydroxyl groups is 1. The smallest absolute Gasteiger partial charge is 0.120 e. The van der Waals surface area contributed by atoms with Gasteiger partial charge in [-0.25, -0.2) is 0 Å². The fourth-order valence-electron chi connectivity index (χ4n) is 2.14. The van der Waals surface area contributed by atoms with Crippen LogP contribution in [-0.2, 0) is 4.74 Å². The molecule has 1 heterocycles. The second-order valence-electron chi connectivity index (χ2n) is 4.39. The normalized spacial score (nSPS) is 25.9. The maximum atomic E-state index is 10.3. The van der Waals surface area contributed by atoms with Crippen molar-refractivity contribution < 1.29 is 14.6 Å². The number of rotatable bonds is 3. The summed E-state index contributed by atoms with van der Waals surface area (Å²) in [6.45, 7) is 2.04. The molecule has 0 aliphatic carbocycles. The zero-order valence-corrected chi connectivity index (χ0v) is 11.6. The Morgan fingerprint density at radius 2 is 2.24 bits per heavy atom. The zero-order valence-electron chi connectivity index (χ0n) is 10.0. The molecular formula is C13H17BrO3. The molecule has 1 N–H and O–H groups in total. The molecule has 1 fully saturated rings. The van der Waals surface area contributed by atoms with Gasteiger partial charge in [-0.05, 0) is 37.5 Å². The van der Waals surface area contributed by atoms with E-state index in [-0.39, 0.29) is 12.2 Å². The Balaban J connectivity index is 2.16. The van der Waals surface area contributed by atoms with Crippen molar-refractivity contribution >= 4 is 15.9 Å². The highest BCUT2D eigenvalue weighted by Crippen LogP contribution is 2.34. The van der Waals surface area contributed by atoms with Crippen molar-refractivity contribution in [3.8, 4) is 5.75 Å². The van der Waals surface area contributed by atoms with Crippen LogP contribution in [0.1, 0.15) is 31.4 Å². The molecule has 0 amide bonds. The van der Waals surface area contributed by atoms with E-state index in [0.717, 1.165) is 28.6 Å². The average Bonchev–Trinajstić information content (AvgIpc) is 2.75. The van der Waals surface area contributed by atoms with Crippen molar-refractivity contribution in [3.05, 3.63) is 28.2 Å². The van der Waals surface area contributed by atoms with E-state index in [1.807, 2.05) is 25.1 Å². The lowest BCUT2D eigenvalue weighted by Gasteiger charge is -2.20. The number of benzene rings is 1. The van der Waals surface area contributed by atoms with Crippen LogP contribution < -0.4 is 4.74 Å². The molecule has 94 valence electrons. The molecule has 17 heavy (non-hydrogen) atoms. The third-order valence-corrected chi connectivity index (χ3v) is 3.83. The summed E-state index contributed by atoms with van der Waals surface area (Å²) in [4.78, 5) is 0. The van der Waals surface area contributed by atoms with Crippen molar-refractivity contribution in [1.82, 2.24) is 0 Å². The summed E-state index contributed by atoms with van der Waals surface area (Å²) in [5.74, 6) is 0.772. The first-order valence-corrected chi connectivity index (χ1v) is 6.58. The summed E-state index contributed by atoms with van der Waals surface area (Å²) in [7, 11) is 1.62. The first-order chi connectivity index (χ1) is 8.11.